The third kappa shape index (κ3) is 4.91. The molecule has 1 rings (SSSR count). The summed E-state index contributed by atoms with van der Waals surface area (Å²) in [6, 6.07) is 0. The Balaban J connectivity index is 2.36. The molecule has 0 unspecified atom stereocenters. The molecule has 0 aromatic heterocycles. The number of rotatable bonds is 6. The molecule has 106 valence electrons. The predicted molar refractivity (Wildman–Crippen MR) is 70.7 cm³/mol. The van der Waals surface area contributed by atoms with E-state index in [1.54, 1.807) is 4.90 Å². The van der Waals surface area contributed by atoms with Gasteiger partial charge >= 0.3 is 0 Å². The first-order valence-electron chi connectivity index (χ1n) is 6.32. The van der Waals surface area contributed by atoms with Gasteiger partial charge in [0.05, 0.1) is 0 Å². The van der Waals surface area contributed by atoms with Crippen molar-refractivity contribution >= 4 is 15.9 Å². The summed E-state index contributed by atoms with van der Waals surface area (Å²) in [7, 11) is -0.189. The Kier molecular flexibility index (Phi) is 6.04. The van der Waals surface area contributed by atoms with Crippen molar-refractivity contribution in [3.8, 4) is 0 Å². The van der Waals surface area contributed by atoms with Gasteiger partial charge in [0.1, 0.15) is 5.75 Å². The van der Waals surface area contributed by atoms with Gasteiger partial charge in [-0.1, -0.05) is 0 Å². The van der Waals surface area contributed by atoms with Gasteiger partial charge in [0.2, 0.25) is 15.9 Å². The smallest absolute Gasteiger partial charge is 0.239 e. The molecule has 2 N–H and O–H groups in total. The summed E-state index contributed by atoms with van der Waals surface area (Å²) in [6.45, 7) is 2.34. The first-order valence-corrected chi connectivity index (χ1v) is 7.97. The molecule has 0 spiro atoms. The quantitative estimate of drug-likeness (QED) is 0.678. The first-order chi connectivity index (χ1) is 8.48. The van der Waals surface area contributed by atoms with Crippen molar-refractivity contribution < 1.29 is 13.2 Å². The zero-order chi connectivity index (χ0) is 13.6. The maximum absolute atomic E-state index is 11.8. The highest BCUT2D eigenvalue weighted by molar-refractivity contribution is 7.90. The molecule has 0 aliphatic carbocycles. The third-order valence-corrected chi connectivity index (χ3v) is 4.64. The van der Waals surface area contributed by atoms with Crippen molar-refractivity contribution in [3.05, 3.63) is 0 Å². The third-order valence-electron chi connectivity index (χ3n) is 3.39. The van der Waals surface area contributed by atoms with Crippen molar-refractivity contribution in [2.45, 2.75) is 19.3 Å². The van der Waals surface area contributed by atoms with E-state index in [2.05, 4.69) is 10.0 Å². The maximum Gasteiger partial charge on any atom is 0.239 e. The van der Waals surface area contributed by atoms with E-state index in [1.165, 1.54) is 7.05 Å². The molecular formula is C11H23N3O3S. The molecule has 1 amide bonds. The van der Waals surface area contributed by atoms with E-state index in [0.717, 1.165) is 25.8 Å². The number of piperidine rings is 1. The predicted octanol–water partition coefficient (Wildman–Crippen LogP) is -0.616. The number of hydrogen-bond acceptors (Lipinski definition) is 4. The van der Waals surface area contributed by atoms with Gasteiger partial charge < -0.3 is 10.2 Å². The minimum atomic E-state index is -3.45. The Morgan fingerprint density at radius 2 is 1.89 bits per heavy atom. The Bertz CT molecular complexity index is 362. The zero-order valence-corrected chi connectivity index (χ0v) is 11.9. The van der Waals surface area contributed by atoms with Crippen LogP contribution in [0.1, 0.15) is 19.3 Å². The SMILES string of the molecule is CNCCC1CCN(C(=O)CS(=O)(=O)NC)CC1. The highest BCUT2D eigenvalue weighted by Crippen LogP contribution is 2.20. The van der Waals surface area contributed by atoms with Crippen molar-refractivity contribution in [1.82, 2.24) is 14.9 Å². The zero-order valence-electron chi connectivity index (χ0n) is 11.1. The number of carbonyl (C=O) groups is 1. The fourth-order valence-corrected chi connectivity index (χ4v) is 2.80. The minimum absolute atomic E-state index is 0.295. The second kappa shape index (κ2) is 7.06. The average molecular weight is 277 g/mol. The van der Waals surface area contributed by atoms with Gasteiger partial charge in [0.25, 0.3) is 0 Å². The molecule has 0 radical (unpaired) electrons. The van der Waals surface area contributed by atoms with Crippen LogP contribution >= 0.6 is 0 Å². The summed E-state index contributed by atoms with van der Waals surface area (Å²) in [5.74, 6) is -0.0937. The van der Waals surface area contributed by atoms with Gasteiger partial charge in [0.15, 0.2) is 0 Å². The molecule has 1 fully saturated rings. The van der Waals surface area contributed by atoms with E-state index >= 15 is 0 Å². The van der Waals surface area contributed by atoms with Crippen LogP contribution in [0.5, 0.6) is 0 Å². The summed E-state index contributed by atoms with van der Waals surface area (Å²) < 4.78 is 24.7. The Labute approximate surface area is 109 Å². The molecule has 0 bridgehead atoms. The van der Waals surface area contributed by atoms with Crippen LogP contribution in [0.2, 0.25) is 0 Å². The van der Waals surface area contributed by atoms with Gasteiger partial charge in [-0.25, -0.2) is 13.1 Å². The lowest BCUT2D eigenvalue weighted by molar-refractivity contribution is -0.129. The Morgan fingerprint density at radius 1 is 1.28 bits per heavy atom. The van der Waals surface area contributed by atoms with E-state index < -0.39 is 15.8 Å². The molecule has 6 nitrogen and oxygen atoms in total. The lowest BCUT2D eigenvalue weighted by atomic mass is 9.93. The standard InChI is InChI=1S/C11H23N3O3S/c1-12-6-3-10-4-7-14(8-5-10)11(15)9-18(16,17)13-2/h10,12-13H,3-9H2,1-2H3. The van der Waals surface area contributed by atoms with Gasteiger partial charge in [-0.2, -0.15) is 0 Å². The van der Waals surface area contributed by atoms with Crippen LogP contribution in [0.25, 0.3) is 0 Å². The Hall–Kier alpha value is -0.660. The van der Waals surface area contributed by atoms with E-state index in [4.69, 9.17) is 0 Å². The Morgan fingerprint density at radius 3 is 2.39 bits per heavy atom. The summed E-state index contributed by atoms with van der Waals surface area (Å²) in [5, 5.41) is 3.12. The molecule has 1 aliphatic heterocycles. The van der Waals surface area contributed by atoms with Gasteiger partial charge in [-0.15, -0.1) is 0 Å². The van der Waals surface area contributed by atoms with E-state index in [0.29, 0.717) is 19.0 Å². The summed E-state index contributed by atoms with van der Waals surface area (Å²) in [6.07, 6.45) is 3.05. The largest absolute Gasteiger partial charge is 0.342 e. The van der Waals surface area contributed by atoms with Crippen LogP contribution in [0.3, 0.4) is 0 Å². The minimum Gasteiger partial charge on any atom is -0.342 e. The summed E-state index contributed by atoms with van der Waals surface area (Å²) in [5.41, 5.74) is 0. The van der Waals surface area contributed by atoms with Crippen molar-refractivity contribution in [2.75, 3.05) is 39.5 Å². The molecule has 7 heteroatoms. The lowest BCUT2D eigenvalue weighted by Gasteiger charge is -2.32. The maximum atomic E-state index is 11.8. The summed E-state index contributed by atoms with van der Waals surface area (Å²) in [4.78, 5) is 13.4. The molecule has 0 aromatic carbocycles. The lowest BCUT2D eigenvalue weighted by Crippen LogP contribution is -2.43. The average Bonchev–Trinajstić information content (AvgIpc) is 2.36. The number of likely N-dealkylation sites (tertiary alicyclic amines) is 1. The number of nitrogens with zero attached hydrogens (tertiary/aromatic N) is 1. The highest BCUT2D eigenvalue weighted by atomic mass is 32.2. The second-order valence-electron chi connectivity index (χ2n) is 4.68. The van der Waals surface area contributed by atoms with E-state index in [1.807, 2.05) is 7.05 Å². The summed E-state index contributed by atoms with van der Waals surface area (Å²) >= 11 is 0. The van der Waals surface area contributed by atoms with Crippen LogP contribution < -0.4 is 10.0 Å². The van der Waals surface area contributed by atoms with E-state index in [9.17, 15) is 13.2 Å². The van der Waals surface area contributed by atoms with Crippen molar-refractivity contribution in [2.24, 2.45) is 5.92 Å². The fourth-order valence-electron chi connectivity index (χ4n) is 2.15. The van der Waals surface area contributed by atoms with Gasteiger partial charge in [-0.3, -0.25) is 4.79 Å². The monoisotopic (exact) mass is 277 g/mol. The number of carbonyl (C=O) groups excluding carboxylic acids is 1. The van der Waals surface area contributed by atoms with Crippen LogP contribution in [-0.4, -0.2) is 58.7 Å². The van der Waals surface area contributed by atoms with Crippen molar-refractivity contribution in [1.29, 1.82) is 0 Å². The van der Waals surface area contributed by atoms with Crippen LogP contribution in [0, 0.1) is 5.92 Å². The van der Waals surface area contributed by atoms with E-state index in [-0.39, 0.29) is 5.91 Å². The molecule has 1 saturated heterocycles. The number of amides is 1. The topological polar surface area (TPSA) is 78.5 Å². The molecular weight excluding hydrogens is 254 g/mol. The first kappa shape index (κ1) is 15.4. The van der Waals surface area contributed by atoms with Gasteiger partial charge in [-0.05, 0) is 45.8 Å². The second-order valence-corrected chi connectivity index (χ2v) is 6.61. The van der Waals surface area contributed by atoms with Crippen LogP contribution in [0.15, 0.2) is 0 Å². The molecule has 18 heavy (non-hydrogen) atoms. The number of hydrogen-bond donors (Lipinski definition) is 2. The normalized spacial score (nSPS) is 18.0. The number of sulfonamides is 1. The van der Waals surface area contributed by atoms with Crippen LogP contribution in [-0.2, 0) is 14.8 Å². The molecule has 1 heterocycles. The number of nitrogens with one attached hydrogen (secondary N) is 2. The highest BCUT2D eigenvalue weighted by Gasteiger charge is 2.25. The van der Waals surface area contributed by atoms with Gasteiger partial charge in [0, 0.05) is 13.1 Å². The molecule has 0 atom stereocenters. The molecule has 1 aliphatic rings. The fraction of sp³-hybridized carbons (Fsp3) is 0.909. The molecule has 0 saturated carbocycles. The van der Waals surface area contributed by atoms with Crippen LogP contribution in [0.4, 0.5) is 0 Å². The molecule has 0 aromatic rings. The van der Waals surface area contributed by atoms with Crippen molar-refractivity contribution in [3.63, 3.8) is 0 Å².